The molecule has 0 N–H and O–H groups in total. The number of imidazole rings is 1. The number of rotatable bonds is 3. The number of benzene rings is 2. The van der Waals surface area contributed by atoms with E-state index in [-0.39, 0.29) is 36.1 Å². The third kappa shape index (κ3) is 3.48. The van der Waals surface area contributed by atoms with Gasteiger partial charge in [-0.25, -0.2) is 4.98 Å². The van der Waals surface area contributed by atoms with Gasteiger partial charge in [-0.1, -0.05) is 42.0 Å². The Hall–Kier alpha value is -3.15. The number of carbonyl (C=O) groups excluding carboxylic acids is 2. The minimum Gasteiger partial charge on any atom is -0.342 e. The zero-order chi connectivity index (χ0) is 22.4. The van der Waals surface area contributed by atoms with Crippen LogP contribution in [0.1, 0.15) is 48.2 Å². The molecule has 2 aliphatic rings. The maximum atomic E-state index is 13.7. The molecule has 0 bridgehead atoms. The summed E-state index contributed by atoms with van der Waals surface area (Å²) in [6.07, 6.45) is 2.25. The predicted molar refractivity (Wildman–Crippen MR) is 124 cm³/mol. The van der Waals surface area contributed by atoms with E-state index in [1.165, 1.54) is 5.56 Å². The van der Waals surface area contributed by atoms with Crippen molar-refractivity contribution in [3.8, 4) is 0 Å². The van der Waals surface area contributed by atoms with Gasteiger partial charge in [0.1, 0.15) is 5.82 Å². The molecule has 3 unspecified atom stereocenters. The largest absolute Gasteiger partial charge is 0.342 e. The molecule has 2 saturated heterocycles. The summed E-state index contributed by atoms with van der Waals surface area (Å²) in [6, 6.07) is 16.2. The van der Waals surface area contributed by atoms with E-state index < -0.39 is 0 Å². The number of aryl methyl sites for hydroxylation is 2. The van der Waals surface area contributed by atoms with Crippen LogP contribution in [0.5, 0.6) is 0 Å². The van der Waals surface area contributed by atoms with E-state index in [0.29, 0.717) is 6.54 Å². The van der Waals surface area contributed by atoms with E-state index in [1.807, 2.05) is 49.2 Å². The van der Waals surface area contributed by atoms with Gasteiger partial charge >= 0.3 is 0 Å². The van der Waals surface area contributed by atoms with Gasteiger partial charge in [0.25, 0.3) is 0 Å². The van der Waals surface area contributed by atoms with E-state index in [9.17, 15) is 9.59 Å². The summed E-state index contributed by atoms with van der Waals surface area (Å²) in [5, 5.41) is 0. The molecule has 0 radical (unpaired) electrons. The lowest BCUT2D eigenvalue weighted by molar-refractivity contribution is -0.137. The highest BCUT2D eigenvalue weighted by atomic mass is 16.2. The lowest BCUT2D eigenvalue weighted by Crippen LogP contribution is -2.44. The Morgan fingerprint density at radius 3 is 2.56 bits per heavy atom. The number of piperidine rings is 1. The van der Waals surface area contributed by atoms with Crippen molar-refractivity contribution < 1.29 is 9.59 Å². The Balaban J connectivity index is 1.40. The summed E-state index contributed by atoms with van der Waals surface area (Å²) < 4.78 is 2.16. The van der Waals surface area contributed by atoms with Crippen LogP contribution in [0.15, 0.2) is 48.5 Å². The molecule has 0 spiro atoms. The van der Waals surface area contributed by atoms with Crippen molar-refractivity contribution in [3.63, 3.8) is 0 Å². The van der Waals surface area contributed by atoms with Gasteiger partial charge < -0.3 is 14.4 Å². The Morgan fingerprint density at radius 1 is 1.06 bits per heavy atom. The van der Waals surface area contributed by atoms with Gasteiger partial charge in [0.15, 0.2) is 0 Å². The fraction of sp³-hybridized carbons (Fsp3) is 0.423. The quantitative estimate of drug-likeness (QED) is 0.635. The maximum Gasteiger partial charge on any atom is 0.228 e. The molecule has 6 nitrogen and oxygen atoms in total. The smallest absolute Gasteiger partial charge is 0.228 e. The lowest BCUT2D eigenvalue weighted by atomic mass is 9.90. The van der Waals surface area contributed by atoms with Crippen molar-refractivity contribution in [2.45, 2.75) is 38.1 Å². The summed E-state index contributed by atoms with van der Waals surface area (Å²) in [4.78, 5) is 34.9. The summed E-state index contributed by atoms with van der Waals surface area (Å²) in [5.74, 6) is 1.04. The predicted octanol–water partition coefficient (Wildman–Crippen LogP) is 3.81. The number of hydrogen-bond donors (Lipinski definition) is 0. The summed E-state index contributed by atoms with van der Waals surface area (Å²) in [5.41, 5.74) is 4.32. The van der Waals surface area contributed by atoms with Crippen LogP contribution in [0.2, 0.25) is 0 Å². The standard InChI is InChI=1S/C26H30N4O2/c1-17-10-12-18(13-11-17)24-20(15-23(31)29(24)3)26(32)30-14-6-7-19(16-30)25-27-21-8-4-5-9-22(21)28(25)2/h4-5,8-13,19-20,24H,6-7,14-16H2,1-3H3. The molecule has 0 saturated carbocycles. The third-order valence-corrected chi connectivity index (χ3v) is 7.24. The fourth-order valence-corrected chi connectivity index (χ4v) is 5.46. The number of hydrogen-bond acceptors (Lipinski definition) is 3. The zero-order valence-corrected chi connectivity index (χ0v) is 19.0. The lowest BCUT2D eigenvalue weighted by Gasteiger charge is -2.35. The van der Waals surface area contributed by atoms with Crippen LogP contribution in [-0.2, 0) is 16.6 Å². The second kappa shape index (κ2) is 8.08. The minimum atomic E-state index is -0.339. The summed E-state index contributed by atoms with van der Waals surface area (Å²) in [7, 11) is 3.88. The monoisotopic (exact) mass is 430 g/mol. The average molecular weight is 431 g/mol. The van der Waals surface area contributed by atoms with Crippen molar-refractivity contribution in [2.24, 2.45) is 13.0 Å². The van der Waals surface area contributed by atoms with Gasteiger partial charge in [-0.2, -0.15) is 0 Å². The number of likely N-dealkylation sites (tertiary alicyclic amines) is 2. The first-order chi connectivity index (χ1) is 15.4. The highest BCUT2D eigenvalue weighted by molar-refractivity contribution is 5.90. The molecule has 6 heteroatoms. The molecular weight excluding hydrogens is 400 g/mol. The average Bonchev–Trinajstić information content (AvgIpc) is 3.31. The molecule has 166 valence electrons. The first-order valence-corrected chi connectivity index (χ1v) is 11.5. The van der Waals surface area contributed by atoms with Gasteiger partial charge in [0.05, 0.1) is 23.0 Å². The first-order valence-electron chi connectivity index (χ1n) is 11.5. The molecule has 5 rings (SSSR count). The Bertz CT molecular complexity index is 1170. The fourth-order valence-electron chi connectivity index (χ4n) is 5.46. The molecule has 2 aromatic carbocycles. The molecule has 3 heterocycles. The second-order valence-corrected chi connectivity index (χ2v) is 9.31. The van der Waals surface area contributed by atoms with Crippen LogP contribution < -0.4 is 0 Å². The highest BCUT2D eigenvalue weighted by Crippen LogP contribution is 2.39. The van der Waals surface area contributed by atoms with E-state index in [2.05, 4.69) is 29.8 Å². The van der Waals surface area contributed by atoms with Gasteiger partial charge in [0, 0.05) is 39.5 Å². The van der Waals surface area contributed by atoms with Crippen LogP contribution in [0.4, 0.5) is 0 Å². The van der Waals surface area contributed by atoms with Gasteiger partial charge in [-0.15, -0.1) is 0 Å². The molecule has 1 aromatic heterocycles. The number of nitrogens with zero attached hydrogens (tertiary/aromatic N) is 4. The van der Waals surface area contributed by atoms with Crippen LogP contribution in [0, 0.1) is 12.8 Å². The van der Waals surface area contributed by atoms with Crippen molar-refractivity contribution in [1.29, 1.82) is 0 Å². The molecule has 3 aromatic rings. The topological polar surface area (TPSA) is 58.4 Å². The number of fused-ring (bicyclic) bond motifs is 1. The van der Waals surface area contributed by atoms with Crippen molar-refractivity contribution in [3.05, 3.63) is 65.5 Å². The maximum absolute atomic E-state index is 13.7. The van der Waals surface area contributed by atoms with Crippen molar-refractivity contribution in [2.75, 3.05) is 20.1 Å². The van der Waals surface area contributed by atoms with Gasteiger partial charge in [0.2, 0.25) is 11.8 Å². The molecule has 32 heavy (non-hydrogen) atoms. The second-order valence-electron chi connectivity index (χ2n) is 9.31. The first kappa shape index (κ1) is 20.7. The van der Waals surface area contributed by atoms with Gasteiger partial charge in [-0.3, -0.25) is 9.59 Å². The van der Waals surface area contributed by atoms with Crippen LogP contribution in [-0.4, -0.2) is 51.3 Å². The van der Waals surface area contributed by atoms with Crippen LogP contribution in [0.25, 0.3) is 11.0 Å². The molecule has 3 atom stereocenters. The summed E-state index contributed by atoms with van der Waals surface area (Å²) in [6.45, 7) is 3.45. The van der Waals surface area contributed by atoms with Crippen LogP contribution >= 0.6 is 0 Å². The normalized spacial score (nSPS) is 23.8. The molecule has 2 aliphatic heterocycles. The third-order valence-electron chi connectivity index (χ3n) is 7.24. The number of amides is 2. The number of carbonyl (C=O) groups is 2. The Labute approximate surface area is 188 Å². The van der Waals surface area contributed by atoms with E-state index in [4.69, 9.17) is 4.98 Å². The molecule has 0 aliphatic carbocycles. The van der Waals surface area contributed by atoms with Crippen LogP contribution in [0.3, 0.4) is 0 Å². The van der Waals surface area contributed by atoms with E-state index >= 15 is 0 Å². The van der Waals surface area contributed by atoms with Crippen molar-refractivity contribution >= 4 is 22.8 Å². The Morgan fingerprint density at radius 2 is 1.81 bits per heavy atom. The highest BCUT2D eigenvalue weighted by Gasteiger charge is 2.45. The number of aromatic nitrogens is 2. The van der Waals surface area contributed by atoms with E-state index in [1.54, 1.807) is 4.90 Å². The molecule has 2 amide bonds. The van der Waals surface area contributed by atoms with Crippen molar-refractivity contribution in [1.82, 2.24) is 19.4 Å². The Kier molecular flexibility index (Phi) is 5.24. The molecule has 2 fully saturated rings. The SMILES string of the molecule is Cc1ccc(C2C(C(=O)N3CCCC(c4nc5ccccc5n4C)C3)CC(=O)N2C)cc1. The summed E-state index contributed by atoms with van der Waals surface area (Å²) >= 11 is 0. The zero-order valence-electron chi connectivity index (χ0n) is 19.0. The number of para-hydroxylation sites is 2. The molecular formula is C26H30N4O2. The minimum absolute atomic E-state index is 0.0397. The van der Waals surface area contributed by atoms with Gasteiger partial charge in [-0.05, 0) is 37.5 Å². The van der Waals surface area contributed by atoms with E-state index in [0.717, 1.165) is 41.8 Å².